The van der Waals surface area contributed by atoms with E-state index in [0.29, 0.717) is 47.2 Å². The smallest absolute Gasteiger partial charge is 0.276 e. The van der Waals surface area contributed by atoms with Gasteiger partial charge in [-0.2, -0.15) is 0 Å². The molecule has 3 aromatic rings. The molecule has 0 aliphatic rings. The summed E-state index contributed by atoms with van der Waals surface area (Å²) in [5.74, 6) is 0.197. The number of methoxy groups -OCH3 is 1. The van der Waals surface area contributed by atoms with E-state index in [1.54, 1.807) is 67.2 Å². The highest BCUT2D eigenvalue weighted by atomic mass is 32.1. The van der Waals surface area contributed by atoms with Crippen LogP contribution in [0.15, 0.2) is 54.0 Å². The van der Waals surface area contributed by atoms with Crippen molar-refractivity contribution in [1.29, 1.82) is 0 Å². The Morgan fingerprint density at radius 1 is 1.23 bits per heavy atom. The first-order chi connectivity index (χ1) is 15.1. The predicted octanol–water partition coefficient (Wildman–Crippen LogP) is 4.89. The summed E-state index contributed by atoms with van der Waals surface area (Å²) in [6, 6.07) is 11.6. The number of nitro benzene ring substituents is 1. The number of thiazole rings is 1. The molecule has 0 saturated carbocycles. The first-order valence-corrected chi connectivity index (χ1v) is 10.3. The van der Waals surface area contributed by atoms with E-state index in [2.05, 4.69) is 10.3 Å². The molecule has 0 spiro atoms. The topological polar surface area (TPSA) is 104 Å². The average Bonchev–Trinajstić information content (AvgIpc) is 3.28. The average molecular weight is 439 g/mol. The second-order valence-electron chi connectivity index (χ2n) is 6.43. The summed E-state index contributed by atoms with van der Waals surface area (Å²) in [4.78, 5) is 27.5. The third-order valence-electron chi connectivity index (χ3n) is 4.19. The lowest BCUT2D eigenvalue weighted by Crippen LogP contribution is -2.12. The molecule has 31 heavy (non-hydrogen) atoms. The number of aromatic nitrogens is 1. The summed E-state index contributed by atoms with van der Waals surface area (Å²) in [6.07, 6.45) is 5.67. The number of para-hydroxylation sites is 1. The normalized spacial score (nSPS) is 10.9. The van der Waals surface area contributed by atoms with Gasteiger partial charge >= 0.3 is 0 Å². The highest BCUT2D eigenvalue weighted by Crippen LogP contribution is 2.24. The van der Waals surface area contributed by atoms with Gasteiger partial charge in [-0.15, -0.1) is 11.3 Å². The summed E-state index contributed by atoms with van der Waals surface area (Å²) in [5.41, 5.74) is 1.54. The van der Waals surface area contributed by atoms with Gasteiger partial charge in [0.15, 0.2) is 5.13 Å². The molecular formula is C22H21N3O5S. The lowest BCUT2D eigenvalue weighted by atomic mass is 10.1. The Hall–Kier alpha value is -3.56. The van der Waals surface area contributed by atoms with Gasteiger partial charge in [0.25, 0.3) is 11.6 Å². The number of nitrogens with one attached hydrogen (secondary N) is 1. The number of amides is 1. The van der Waals surface area contributed by atoms with Gasteiger partial charge in [-0.1, -0.05) is 18.2 Å². The van der Waals surface area contributed by atoms with Crippen molar-refractivity contribution < 1.29 is 19.2 Å². The molecule has 0 fully saturated rings. The Morgan fingerprint density at radius 3 is 2.81 bits per heavy atom. The molecule has 0 bridgehead atoms. The number of nitrogens with zero attached hydrogens (tertiary/aromatic N) is 2. The number of carbonyl (C=O) groups excluding carboxylic acids is 1. The third kappa shape index (κ3) is 6.46. The SMILES string of the molecule is COCCCOc1cc(/C=C/c2ccccc2[N+](=O)[O-])cc(C(=O)Nc2nccs2)c1. The van der Waals surface area contributed by atoms with Crippen LogP contribution in [0.3, 0.4) is 0 Å². The minimum atomic E-state index is -0.429. The van der Waals surface area contributed by atoms with Gasteiger partial charge in [0.1, 0.15) is 5.75 Å². The molecule has 0 atom stereocenters. The van der Waals surface area contributed by atoms with Crippen LogP contribution in [-0.4, -0.2) is 36.1 Å². The highest BCUT2D eigenvalue weighted by molar-refractivity contribution is 7.13. The fourth-order valence-corrected chi connectivity index (χ4v) is 3.29. The summed E-state index contributed by atoms with van der Waals surface area (Å²) < 4.78 is 10.8. The van der Waals surface area contributed by atoms with Gasteiger partial charge in [-0.25, -0.2) is 4.98 Å². The maximum absolute atomic E-state index is 12.7. The number of hydrogen-bond acceptors (Lipinski definition) is 7. The minimum Gasteiger partial charge on any atom is -0.493 e. The molecule has 0 saturated heterocycles. The molecule has 0 radical (unpaired) electrons. The van der Waals surface area contributed by atoms with Crippen LogP contribution in [0, 0.1) is 10.1 Å². The van der Waals surface area contributed by atoms with Crippen LogP contribution in [-0.2, 0) is 4.74 Å². The maximum Gasteiger partial charge on any atom is 0.276 e. The van der Waals surface area contributed by atoms with E-state index < -0.39 is 4.92 Å². The van der Waals surface area contributed by atoms with Crippen molar-refractivity contribution in [2.45, 2.75) is 6.42 Å². The zero-order chi connectivity index (χ0) is 22.1. The molecule has 160 valence electrons. The molecule has 9 heteroatoms. The van der Waals surface area contributed by atoms with E-state index in [1.807, 2.05) is 0 Å². The Labute approximate surface area is 183 Å². The maximum atomic E-state index is 12.7. The van der Waals surface area contributed by atoms with Crippen LogP contribution in [0.25, 0.3) is 12.2 Å². The number of rotatable bonds is 10. The number of hydrogen-bond donors (Lipinski definition) is 1. The molecule has 1 heterocycles. The molecule has 8 nitrogen and oxygen atoms in total. The van der Waals surface area contributed by atoms with Crippen molar-refractivity contribution in [2.24, 2.45) is 0 Å². The molecular weight excluding hydrogens is 418 g/mol. The molecule has 0 aliphatic carbocycles. The van der Waals surface area contributed by atoms with Gasteiger partial charge in [0.2, 0.25) is 0 Å². The van der Waals surface area contributed by atoms with Crippen LogP contribution in [0.4, 0.5) is 10.8 Å². The third-order valence-corrected chi connectivity index (χ3v) is 4.88. The summed E-state index contributed by atoms with van der Waals surface area (Å²) in [5, 5.41) is 16.2. The number of ether oxygens (including phenoxy) is 2. The van der Waals surface area contributed by atoms with Gasteiger partial charge < -0.3 is 9.47 Å². The Bertz CT molecular complexity index is 1070. The van der Waals surface area contributed by atoms with Crippen LogP contribution >= 0.6 is 11.3 Å². The van der Waals surface area contributed by atoms with Gasteiger partial charge in [-0.05, 0) is 35.9 Å². The monoisotopic (exact) mass is 439 g/mol. The minimum absolute atomic E-state index is 0.00690. The lowest BCUT2D eigenvalue weighted by Gasteiger charge is -2.10. The van der Waals surface area contributed by atoms with E-state index in [4.69, 9.17) is 9.47 Å². The zero-order valence-corrected chi connectivity index (χ0v) is 17.6. The fourth-order valence-electron chi connectivity index (χ4n) is 2.76. The van der Waals surface area contributed by atoms with Crippen LogP contribution < -0.4 is 10.1 Å². The Kier molecular flexibility index (Phi) is 7.85. The number of carbonyl (C=O) groups is 1. The molecule has 1 aromatic heterocycles. The van der Waals surface area contributed by atoms with E-state index >= 15 is 0 Å². The molecule has 1 amide bonds. The molecule has 0 aliphatic heterocycles. The molecule has 3 rings (SSSR count). The van der Waals surface area contributed by atoms with Gasteiger partial charge in [-0.3, -0.25) is 20.2 Å². The van der Waals surface area contributed by atoms with E-state index in [1.165, 1.54) is 17.4 Å². The summed E-state index contributed by atoms with van der Waals surface area (Å²) in [6.45, 7) is 0.993. The van der Waals surface area contributed by atoms with Gasteiger partial charge in [0.05, 0.1) is 17.1 Å². The fraction of sp³-hybridized carbons (Fsp3) is 0.182. The van der Waals surface area contributed by atoms with Crippen LogP contribution in [0.1, 0.15) is 27.9 Å². The molecule has 0 unspecified atom stereocenters. The van der Waals surface area contributed by atoms with E-state index in [-0.39, 0.29) is 11.6 Å². The quantitative estimate of drug-likeness (QED) is 0.209. The number of nitro groups is 1. The van der Waals surface area contributed by atoms with Gasteiger partial charge in [0, 0.05) is 43.3 Å². The van der Waals surface area contributed by atoms with Crippen molar-refractivity contribution in [2.75, 3.05) is 25.6 Å². The van der Waals surface area contributed by atoms with Crippen molar-refractivity contribution in [3.8, 4) is 5.75 Å². The van der Waals surface area contributed by atoms with E-state index in [9.17, 15) is 14.9 Å². The van der Waals surface area contributed by atoms with Crippen LogP contribution in [0.2, 0.25) is 0 Å². The predicted molar refractivity (Wildman–Crippen MR) is 121 cm³/mol. The summed E-state index contributed by atoms with van der Waals surface area (Å²) >= 11 is 1.32. The second-order valence-corrected chi connectivity index (χ2v) is 7.32. The van der Waals surface area contributed by atoms with Crippen molar-refractivity contribution >= 4 is 40.2 Å². The number of anilines is 1. The largest absolute Gasteiger partial charge is 0.493 e. The van der Waals surface area contributed by atoms with E-state index in [0.717, 1.165) is 0 Å². The molecule has 2 aromatic carbocycles. The van der Waals surface area contributed by atoms with Crippen molar-refractivity contribution in [3.05, 3.63) is 80.8 Å². The number of benzene rings is 2. The summed E-state index contributed by atoms with van der Waals surface area (Å²) in [7, 11) is 1.62. The molecule has 1 N–H and O–H groups in total. The standard InChI is InChI=1S/C22H21N3O5S/c1-29-10-4-11-30-19-14-16(7-8-17-5-2-3-6-20(17)25(27)28)13-18(15-19)21(26)24-22-23-9-12-31-22/h2-3,5-9,12-15H,4,10-11H2,1H3,(H,23,24,26)/b8-7+. The van der Waals surface area contributed by atoms with Crippen LogP contribution in [0.5, 0.6) is 5.75 Å². The van der Waals surface area contributed by atoms with Crippen molar-refractivity contribution in [1.82, 2.24) is 4.98 Å². The first kappa shape index (κ1) is 22.1. The zero-order valence-electron chi connectivity index (χ0n) is 16.8. The second kappa shape index (κ2) is 11.0. The van der Waals surface area contributed by atoms with Crippen molar-refractivity contribution in [3.63, 3.8) is 0 Å². The Morgan fingerprint density at radius 2 is 2.06 bits per heavy atom. The highest BCUT2D eigenvalue weighted by Gasteiger charge is 2.12. The first-order valence-electron chi connectivity index (χ1n) is 9.46. The Balaban J connectivity index is 1.87. The lowest BCUT2D eigenvalue weighted by molar-refractivity contribution is -0.385.